The Labute approximate surface area is 761 Å². The van der Waals surface area contributed by atoms with Crippen LogP contribution in [0.1, 0.15) is 176 Å². The molecule has 125 heavy (non-hydrogen) atoms. The minimum absolute atomic E-state index is 0.0382. The van der Waals surface area contributed by atoms with E-state index in [-0.39, 0.29) is 60.8 Å². The summed E-state index contributed by atoms with van der Waals surface area (Å²) in [6, 6.07) is 29.7. The van der Waals surface area contributed by atoms with Crippen LogP contribution in [0.15, 0.2) is 106 Å². The van der Waals surface area contributed by atoms with Crippen LogP contribution in [0.2, 0.25) is 0 Å². The molecule has 29 heteroatoms. The molecule has 9 atom stereocenters. The highest BCUT2D eigenvalue weighted by atomic mass is 79.9. The van der Waals surface area contributed by atoms with Crippen LogP contribution in [-0.4, -0.2) is 180 Å². The lowest BCUT2D eigenvalue weighted by atomic mass is 9.75. The van der Waals surface area contributed by atoms with E-state index >= 15 is 8.78 Å². The van der Waals surface area contributed by atoms with Gasteiger partial charge in [-0.3, -0.25) is 13.8 Å². The molecule has 8 heterocycles. The van der Waals surface area contributed by atoms with E-state index in [0.717, 1.165) is 193 Å². The quantitative estimate of drug-likeness (QED) is 0.0293. The van der Waals surface area contributed by atoms with E-state index in [0.29, 0.717) is 110 Å². The first-order valence-corrected chi connectivity index (χ1v) is 47.7. The van der Waals surface area contributed by atoms with Crippen LogP contribution in [0.25, 0.3) is 11.1 Å². The molecule has 0 aromatic heterocycles. The van der Waals surface area contributed by atoms with E-state index in [1.165, 1.54) is 42.3 Å². The maximum Gasteiger partial charge on any atom is 0.495 e. The summed E-state index contributed by atoms with van der Waals surface area (Å²) in [4.78, 5) is 23.4. The zero-order valence-corrected chi connectivity index (χ0v) is 79.7. The number of alkyl halides is 1. The molecule has 2 N–H and O–H groups in total. The number of aromatic hydroxyl groups is 1. The fourth-order valence-corrected chi connectivity index (χ4v) is 17.9. The first-order chi connectivity index (χ1) is 59.7. The Morgan fingerprint density at radius 1 is 0.504 bits per heavy atom. The molecule has 0 amide bonds. The molecule has 682 valence electrons. The van der Waals surface area contributed by atoms with Crippen LogP contribution >= 0.6 is 47.8 Å². The molecule has 6 fully saturated rings. The number of aliphatic hydroxyl groups excluding tert-OH is 1. The molecule has 0 spiro atoms. The Hall–Kier alpha value is -6.97. The molecule has 2 aliphatic carbocycles. The van der Waals surface area contributed by atoms with Gasteiger partial charge in [0.15, 0.2) is 0 Å². The SMILES string of the molecule is BrCC1CCOC1.COC(=O)C[C@@H]1COc2cc(O[C@@H]3CCc4c(-c5c(C)cc(OCC6CCOC6)cc5C)ccc(F)c43)ccc21.COC(=O)C[C@@H]1COc2cc(O[C@@H]3CCc4c(B5OC(C)(C)C(C)(C)O5)ccc(F)c43)ccc21.CS(=O)(=O)OCC1CCOC1.Cc1cc(O)cc(C)c1Br.Cc1cc(OCC2CCOC2)cc(C)c1Br.OCC1CCOC1. The van der Waals surface area contributed by atoms with E-state index in [1.807, 2.05) is 84.0 Å². The van der Waals surface area contributed by atoms with Crippen LogP contribution in [-0.2, 0) is 79.2 Å². The summed E-state index contributed by atoms with van der Waals surface area (Å²) in [7, 11) is -1.04. The molecule has 10 aliphatic rings. The number of rotatable bonds is 21. The van der Waals surface area contributed by atoms with Gasteiger partial charge in [0.05, 0.1) is 111 Å². The van der Waals surface area contributed by atoms with Gasteiger partial charge in [-0.2, -0.15) is 8.42 Å². The third kappa shape index (κ3) is 27.1. The number of benzene rings is 7. The molecule has 0 saturated carbocycles. The number of esters is 2. The number of fused-ring (bicyclic) bond motifs is 4. The maximum absolute atomic E-state index is 15.3. The van der Waals surface area contributed by atoms with Gasteiger partial charge in [0, 0.05) is 124 Å². The lowest BCUT2D eigenvalue weighted by Crippen LogP contribution is -2.41. The smallest absolute Gasteiger partial charge is 0.495 e. The number of hydrogen-bond donors (Lipinski definition) is 2. The lowest BCUT2D eigenvalue weighted by molar-refractivity contribution is -0.142. The third-order valence-corrected chi connectivity index (χ3v) is 28.3. The Kier molecular flexibility index (Phi) is 36.3. The summed E-state index contributed by atoms with van der Waals surface area (Å²) in [5, 5.41) is 18.7. The van der Waals surface area contributed by atoms with Gasteiger partial charge in [-0.1, -0.05) is 72.1 Å². The van der Waals surface area contributed by atoms with E-state index in [4.69, 9.17) is 81.1 Å². The summed E-state index contributed by atoms with van der Waals surface area (Å²) in [6.45, 7) is 31.3. The van der Waals surface area contributed by atoms with E-state index in [1.54, 1.807) is 24.3 Å². The fraction of sp³-hybridized carbons (Fsp3) is 0.542. The topological polar surface area (TPSA) is 256 Å². The van der Waals surface area contributed by atoms with Crippen LogP contribution in [0, 0.1) is 82.8 Å². The summed E-state index contributed by atoms with van der Waals surface area (Å²) in [5.41, 5.74) is 13.9. The van der Waals surface area contributed by atoms with Crippen LogP contribution in [0.3, 0.4) is 0 Å². The van der Waals surface area contributed by atoms with Crippen molar-refractivity contribution in [2.24, 2.45) is 29.6 Å². The van der Waals surface area contributed by atoms with Crippen LogP contribution in [0.5, 0.6) is 40.2 Å². The molecule has 6 saturated heterocycles. The minimum Gasteiger partial charge on any atom is -0.508 e. The Balaban J connectivity index is 0.000000158. The molecular formula is C96H122BBr3F2O22S. The normalized spacial score (nSPS) is 22.4. The minimum atomic E-state index is -3.27. The van der Waals surface area contributed by atoms with Gasteiger partial charge in [-0.05, 0) is 255 Å². The van der Waals surface area contributed by atoms with Crippen molar-refractivity contribution in [3.8, 4) is 51.4 Å². The summed E-state index contributed by atoms with van der Waals surface area (Å²) in [5.74, 6) is 6.12. The van der Waals surface area contributed by atoms with Gasteiger partial charge >= 0.3 is 19.1 Å². The molecule has 0 bridgehead atoms. The van der Waals surface area contributed by atoms with Gasteiger partial charge in [-0.15, -0.1) is 0 Å². The average molecular weight is 1950 g/mol. The number of carbonyl (C=O) groups excluding carboxylic acids is 2. The number of phenolic OH excluding ortho intramolecular Hbond substituents is 1. The summed E-state index contributed by atoms with van der Waals surface area (Å²) in [6.07, 6.45) is 8.89. The molecule has 17 rings (SSSR count). The molecule has 8 aliphatic heterocycles. The van der Waals surface area contributed by atoms with Crippen molar-refractivity contribution in [2.45, 2.75) is 175 Å². The maximum atomic E-state index is 15.3. The number of methoxy groups -OCH3 is 2. The zero-order valence-electron chi connectivity index (χ0n) is 74.2. The lowest BCUT2D eigenvalue weighted by Gasteiger charge is -2.32. The number of phenols is 1. The van der Waals surface area contributed by atoms with Crippen molar-refractivity contribution in [2.75, 3.05) is 132 Å². The molecule has 7 aromatic carbocycles. The number of aryl methyl sites for hydroxylation is 6. The van der Waals surface area contributed by atoms with E-state index < -0.39 is 40.6 Å². The first-order valence-electron chi connectivity index (χ1n) is 43.2. The Morgan fingerprint density at radius 2 is 0.904 bits per heavy atom. The van der Waals surface area contributed by atoms with E-state index in [2.05, 4.69) is 104 Å². The molecular weight excluding hydrogens is 1830 g/mol. The number of aliphatic hydroxyl groups is 1. The van der Waals surface area contributed by atoms with Gasteiger partial charge in [-0.25, -0.2) is 8.78 Å². The second-order valence-corrected chi connectivity index (χ2v) is 38.5. The Bertz CT molecular complexity index is 4790. The second kappa shape index (κ2) is 46.0. The fourth-order valence-electron chi connectivity index (χ4n) is 16.5. The number of carbonyl (C=O) groups is 2. The van der Waals surface area contributed by atoms with Gasteiger partial charge < -0.3 is 81.1 Å². The highest BCUT2D eigenvalue weighted by Crippen LogP contribution is 2.48. The summed E-state index contributed by atoms with van der Waals surface area (Å²) >= 11 is 10.4. The van der Waals surface area contributed by atoms with Gasteiger partial charge in [0.2, 0.25) is 0 Å². The van der Waals surface area contributed by atoms with Crippen molar-refractivity contribution in [1.29, 1.82) is 0 Å². The molecule has 7 aromatic rings. The number of hydrogen-bond acceptors (Lipinski definition) is 22. The van der Waals surface area contributed by atoms with Crippen molar-refractivity contribution >= 4 is 82.4 Å². The first kappa shape index (κ1) is 98.6. The van der Waals surface area contributed by atoms with Crippen molar-refractivity contribution in [3.05, 3.63) is 184 Å². The van der Waals surface area contributed by atoms with Crippen LogP contribution < -0.4 is 33.9 Å². The molecule has 0 radical (unpaired) electrons. The van der Waals surface area contributed by atoms with Gasteiger partial charge in [0.1, 0.15) is 64.1 Å². The molecule has 5 unspecified atom stereocenters. The molecule has 22 nitrogen and oxygen atoms in total. The third-order valence-electron chi connectivity index (χ3n) is 24.4. The highest BCUT2D eigenvalue weighted by molar-refractivity contribution is 9.11. The average Bonchev–Trinajstić information content (AvgIpc) is 1.68. The van der Waals surface area contributed by atoms with E-state index in [9.17, 15) is 18.0 Å². The predicted molar refractivity (Wildman–Crippen MR) is 486 cm³/mol. The number of halogens is 5. The van der Waals surface area contributed by atoms with Crippen molar-refractivity contribution < 1.29 is 112 Å². The largest absolute Gasteiger partial charge is 0.508 e. The highest BCUT2D eigenvalue weighted by Gasteiger charge is 2.53. The van der Waals surface area contributed by atoms with Crippen molar-refractivity contribution in [1.82, 2.24) is 0 Å². The monoisotopic (exact) mass is 1940 g/mol. The number of ether oxygens (including phenoxy) is 13. The second-order valence-electron chi connectivity index (χ2n) is 34.7. The standard InChI is InChI=1S/C33H35FO6.C26H30BFO6.C13H17BrO2.C8H9BrO.C6H12O4S.C5H9BrO.C5H10O2/c1-19-12-24(38-17-21-10-11-37-16-21)13-20(2)32(19)26-6-8-28(34)33-27(26)7-9-29(33)40-23-4-5-25-22(14-31(35)36-3)18-39-30(25)15-23;1-25(2)26(3,4)34-27(33-25)19-9-10-20(28)24-18(19)8-11-21(24)32-16-6-7-17-15(12-23(29)30-5)14-31-22(17)13-16;1-9-5-12(6-10(2)13(9)14)16-8-11-3-4-15-7-11;1-5-3-7(10)4-6(2)8(5)9;1-11(7,8)10-5-6-2-3-9-4-6;2*6-3-5-1-2-7-4-5/h4-6,8,12-13,15,21-22,29H,7,9-11,14,16-18H2,1-3H3;6-7,9-10,13,15,21H,8,11-12,14H2,1-5H3;5-6,11H,3-4,7-8H2,1-2H3;3-4,10H,1-2H3;6H,2-5H2,1H3;5H,1-4H2;5-6H,1-4H2/t21?,22-,29-;15-,21-;;;;;/m11...../s1. The zero-order chi connectivity index (χ0) is 89.9. The van der Waals surface area contributed by atoms with Crippen LogP contribution in [0.4, 0.5) is 8.78 Å². The summed E-state index contributed by atoms with van der Waals surface area (Å²) < 4.78 is 142. The Morgan fingerprint density at radius 3 is 1.30 bits per heavy atom. The van der Waals surface area contributed by atoms with Gasteiger partial charge in [0.25, 0.3) is 10.1 Å². The predicted octanol–water partition coefficient (Wildman–Crippen LogP) is 18.5. The van der Waals surface area contributed by atoms with Crippen molar-refractivity contribution in [3.63, 3.8) is 0 Å².